The summed E-state index contributed by atoms with van der Waals surface area (Å²) in [4.78, 5) is 0. The topological polar surface area (TPSA) is 30.7 Å². The monoisotopic (exact) mass is 243 g/mol. The number of hydrogen-bond acceptors (Lipinski definition) is 2. The van der Waals surface area contributed by atoms with E-state index >= 15 is 0 Å². The average molecular weight is 244 g/mol. The lowest BCUT2D eigenvalue weighted by atomic mass is 10.2. The fourth-order valence-electron chi connectivity index (χ4n) is 1.84. The number of hydrogen-bond donors (Lipinski definition) is 0. The first-order chi connectivity index (χ1) is 8.33. The maximum atomic E-state index is 5.96. The highest BCUT2D eigenvalue weighted by atomic mass is 35.5. The second-order valence-electron chi connectivity index (χ2n) is 3.87. The van der Waals surface area contributed by atoms with Crippen molar-refractivity contribution in [1.29, 1.82) is 0 Å². The van der Waals surface area contributed by atoms with Gasteiger partial charge in [0.25, 0.3) is 0 Å². The van der Waals surface area contributed by atoms with E-state index in [-0.39, 0.29) is 0 Å². The Hall–Kier alpha value is -1.87. The van der Waals surface area contributed by atoms with Gasteiger partial charge in [0.15, 0.2) is 0 Å². The van der Waals surface area contributed by atoms with Crippen molar-refractivity contribution in [3.8, 4) is 0 Å². The summed E-state index contributed by atoms with van der Waals surface area (Å²) < 4.78 is 1.88. The normalized spacial score (nSPS) is 10.9. The second kappa shape index (κ2) is 4.18. The SMILES string of the molecule is Clc1cccc(Cn2nnc3ccccc32)c1. The lowest BCUT2D eigenvalue weighted by Crippen LogP contribution is -2.01. The van der Waals surface area contributed by atoms with Gasteiger partial charge in [0, 0.05) is 5.02 Å². The van der Waals surface area contributed by atoms with Gasteiger partial charge in [0.05, 0.1) is 12.1 Å². The molecule has 84 valence electrons. The molecule has 0 aliphatic carbocycles. The van der Waals surface area contributed by atoms with Crippen molar-refractivity contribution in [2.24, 2.45) is 0 Å². The molecule has 0 fully saturated rings. The van der Waals surface area contributed by atoms with Crippen LogP contribution in [0.15, 0.2) is 48.5 Å². The van der Waals surface area contributed by atoms with E-state index in [0.29, 0.717) is 6.54 Å². The minimum Gasteiger partial charge on any atom is -0.240 e. The summed E-state index contributed by atoms with van der Waals surface area (Å²) in [6, 6.07) is 15.7. The second-order valence-corrected chi connectivity index (χ2v) is 4.30. The molecule has 0 atom stereocenters. The quantitative estimate of drug-likeness (QED) is 0.692. The van der Waals surface area contributed by atoms with Gasteiger partial charge in [-0.2, -0.15) is 0 Å². The maximum absolute atomic E-state index is 5.96. The van der Waals surface area contributed by atoms with Crippen molar-refractivity contribution in [2.75, 3.05) is 0 Å². The van der Waals surface area contributed by atoms with Gasteiger partial charge in [-0.25, -0.2) is 4.68 Å². The van der Waals surface area contributed by atoms with Gasteiger partial charge in [0.2, 0.25) is 0 Å². The summed E-state index contributed by atoms with van der Waals surface area (Å²) in [6.45, 7) is 0.682. The molecule has 4 heteroatoms. The summed E-state index contributed by atoms with van der Waals surface area (Å²) in [5.41, 5.74) is 3.06. The van der Waals surface area contributed by atoms with Crippen LogP contribution in [0.25, 0.3) is 11.0 Å². The van der Waals surface area contributed by atoms with E-state index in [1.54, 1.807) is 0 Å². The van der Waals surface area contributed by atoms with Crippen LogP contribution in [-0.4, -0.2) is 15.0 Å². The Morgan fingerprint density at radius 1 is 1.06 bits per heavy atom. The summed E-state index contributed by atoms with van der Waals surface area (Å²) in [5.74, 6) is 0. The van der Waals surface area contributed by atoms with Crippen molar-refractivity contribution in [1.82, 2.24) is 15.0 Å². The molecule has 0 amide bonds. The Kier molecular flexibility index (Phi) is 2.53. The van der Waals surface area contributed by atoms with Crippen LogP contribution in [-0.2, 0) is 6.54 Å². The van der Waals surface area contributed by atoms with Crippen LogP contribution < -0.4 is 0 Å². The fourth-order valence-corrected chi connectivity index (χ4v) is 2.06. The molecule has 0 radical (unpaired) electrons. The molecular formula is C13H10ClN3. The molecule has 0 saturated heterocycles. The lowest BCUT2D eigenvalue weighted by molar-refractivity contribution is 0.670. The summed E-state index contributed by atoms with van der Waals surface area (Å²) in [7, 11) is 0. The zero-order valence-corrected chi connectivity index (χ0v) is 9.80. The minimum atomic E-state index is 0.682. The van der Waals surface area contributed by atoms with E-state index in [2.05, 4.69) is 10.3 Å². The van der Waals surface area contributed by atoms with E-state index in [4.69, 9.17) is 11.6 Å². The van der Waals surface area contributed by atoms with Crippen LogP contribution in [0.4, 0.5) is 0 Å². The highest BCUT2D eigenvalue weighted by Crippen LogP contribution is 2.14. The number of nitrogens with zero attached hydrogens (tertiary/aromatic N) is 3. The number of fused-ring (bicyclic) bond motifs is 1. The van der Waals surface area contributed by atoms with Gasteiger partial charge < -0.3 is 0 Å². The maximum Gasteiger partial charge on any atom is 0.113 e. The molecule has 17 heavy (non-hydrogen) atoms. The van der Waals surface area contributed by atoms with E-state index < -0.39 is 0 Å². The van der Waals surface area contributed by atoms with Crippen molar-refractivity contribution in [2.45, 2.75) is 6.54 Å². The van der Waals surface area contributed by atoms with Gasteiger partial charge >= 0.3 is 0 Å². The predicted molar refractivity (Wildman–Crippen MR) is 68.1 cm³/mol. The molecule has 0 aliphatic heterocycles. The largest absolute Gasteiger partial charge is 0.240 e. The van der Waals surface area contributed by atoms with Crippen molar-refractivity contribution in [3.05, 3.63) is 59.1 Å². The first kappa shape index (κ1) is 10.3. The van der Waals surface area contributed by atoms with E-state index in [1.807, 2.05) is 53.2 Å². The Balaban J connectivity index is 2.00. The Morgan fingerprint density at radius 3 is 2.82 bits per heavy atom. The van der Waals surface area contributed by atoms with Crippen LogP contribution in [0.5, 0.6) is 0 Å². The van der Waals surface area contributed by atoms with Crippen LogP contribution in [0.1, 0.15) is 5.56 Å². The molecule has 0 unspecified atom stereocenters. The van der Waals surface area contributed by atoms with Crippen LogP contribution in [0.2, 0.25) is 5.02 Å². The summed E-state index contributed by atoms with van der Waals surface area (Å²) >= 11 is 5.96. The molecular weight excluding hydrogens is 234 g/mol. The minimum absolute atomic E-state index is 0.682. The van der Waals surface area contributed by atoms with Crippen molar-refractivity contribution < 1.29 is 0 Å². The molecule has 0 spiro atoms. The molecule has 0 N–H and O–H groups in total. The first-order valence-corrected chi connectivity index (χ1v) is 5.73. The third-order valence-corrected chi connectivity index (χ3v) is 2.88. The standard InChI is InChI=1S/C13H10ClN3/c14-11-5-3-4-10(8-11)9-17-13-7-2-1-6-12(13)15-16-17/h1-8H,9H2. The van der Waals surface area contributed by atoms with Gasteiger partial charge in [-0.3, -0.25) is 0 Å². The molecule has 1 heterocycles. The third kappa shape index (κ3) is 2.01. The van der Waals surface area contributed by atoms with Gasteiger partial charge in [-0.15, -0.1) is 5.10 Å². The first-order valence-electron chi connectivity index (χ1n) is 5.35. The highest BCUT2D eigenvalue weighted by Gasteiger charge is 2.03. The molecule has 0 saturated carbocycles. The van der Waals surface area contributed by atoms with Gasteiger partial charge in [-0.1, -0.05) is 41.1 Å². The van der Waals surface area contributed by atoms with E-state index in [0.717, 1.165) is 21.6 Å². The summed E-state index contributed by atoms with van der Waals surface area (Å²) in [6.07, 6.45) is 0. The molecule has 1 aromatic heterocycles. The molecule has 0 bridgehead atoms. The highest BCUT2D eigenvalue weighted by molar-refractivity contribution is 6.30. The predicted octanol–water partition coefficient (Wildman–Crippen LogP) is 3.13. The van der Waals surface area contributed by atoms with Crippen LogP contribution in [0.3, 0.4) is 0 Å². The number of benzene rings is 2. The molecule has 2 aromatic carbocycles. The lowest BCUT2D eigenvalue weighted by Gasteiger charge is -2.02. The van der Waals surface area contributed by atoms with E-state index in [9.17, 15) is 0 Å². The molecule has 3 rings (SSSR count). The number of halogens is 1. The average Bonchev–Trinajstić information content (AvgIpc) is 2.73. The summed E-state index contributed by atoms with van der Waals surface area (Å²) in [5, 5.41) is 9.00. The molecule has 3 nitrogen and oxygen atoms in total. The van der Waals surface area contributed by atoms with Crippen LogP contribution >= 0.6 is 11.6 Å². The number of para-hydroxylation sites is 1. The zero-order valence-electron chi connectivity index (χ0n) is 9.05. The Labute approximate surface area is 104 Å². The van der Waals surface area contributed by atoms with Crippen LogP contribution in [0, 0.1) is 0 Å². The van der Waals surface area contributed by atoms with Crippen molar-refractivity contribution >= 4 is 22.6 Å². The van der Waals surface area contributed by atoms with Gasteiger partial charge in [0.1, 0.15) is 5.52 Å². The Bertz CT molecular complexity index is 660. The van der Waals surface area contributed by atoms with Gasteiger partial charge in [-0.05, 0) is 29.8 Å². The zero-order chi connectivity index (χ0) is 11.7. The van der Waals surface area contributed by atoms with Crippen molar-refractivity contribution in [3.63, 3.8) is 0 Å². The molecule has 3 aromatic rings. The fraction of sp³-hybridized carbons (Fsp3) is 0.0769. The van der Waals surface area contributed by atoms with E-state index in [1.165, 1.54) is 0 Å². The smallest absolute Gasteiger partial charge is 0.113 e. The Morgan fingerprint density at radius 2 is 1.94 bits per heavy atom. The molecule has 0 aliphatic rings. The number of rotatable bonds is 2. The third-order valence-electron chi connectivity index (χ3n) is 2.64. The number of aromatic nitrogens is 3.